The molecule has 2 aromatic rings. The van der Waals surface area contributed by atoms with Crippen molar-refractivity contribution in [2.45, 2.75) is 25.4 Å². The number of para-hydroxylation sites is 1. The average molecular weight is 340 g/mol. The van der Waals surface area contributed by atoms with E-state index in [0.717, 1.165) is 24.9 Å². The molecule has 25 heavy (non-hydrogen) atoms. The van der Waals surface area contributed by atoms with Gasteiger partial charge in [0, 0.05) is 24.5 Å². The summed E-state index contributed by atoms with van der Waals surface area (Å²) in [7, 11) is 0. The third kappa shape index (κ3) is 3.95. The van der Waals surface area contributed by atoms with Gasteiger partial charge in [-0.3, -0.25) is 19.3 Å². The zero-order valence-corrected chi connectivity index (χ0v) is 13.7. The summed E-state index contributed by atoms with van der Waals surface area (Å²) >= 11 is 0. The molecule has 1 fully saturated rings. The van der Waals surface area contributed by atoms with Crippen molar-refractivity contribution in [3.63, 3.8) is 0 Å². The van der Waals surface area contributed by atoms with E-state index in [1.807, 2.05) is 29.2 Å². The van der Waals surface area contributed by atoms with Crippen molar-refractivity contribution in [2.75, 3.05) is 11.9 Å². The number of primary amides is 1. The lowest BCUT2D eigenvalue weighted by Gasteiger charge is -2.23. The first-order valence-corrected chi connectivity index (χ1v) is 8.16. The van der Waals surface area contributed by atoms with Crippen molar-refractivity contribution in [3.8, 4) is 0 Å². The van der Waals surface area contributed by atoms with Gasteiger partial charge in [-0.05, 0) is 37.1 Å². The normalized spacial score (nSPS) is 17.4. The van der Waals surface area contributed by atoms with Gasteiger partial charge in [-0.15, -0.1) is 0 Å². The van der Waals surface area contributed by atoms with Gasteiger partial charge in [-0.25, -0.2) is 0 Å². The smallest absolute Gasteiger partial charge is 0.257 e. The minimum Gasteiger partial charge on any atom is -0.368 e. The average Bonchev–Trinajstić information content (AvgIpc) is 3.05. The van der Waals surface area contributed by atoms with Crippen molar-refractivity contribution in [2.24, 2.45) is 5.73 Å². The highest BCUT2D eigenvalue weighted by Gasteiger charge is 2.29. The fourth-order valence-electron chi connectivity index (χ4n) is 3.08. The summed E-state index contributed by atoms with van der Waals surface area (Å²) in [5, 5.41) is 2.86. The number of nitrogens with one attached hydrogen (secondary N) is 2. The molecule has 3 rings (SSSR count). The fourth-order valence-corrected chi connectivity index (χ4v) is 3.08. The second kappa shape index (κ2) is 7.31. The molecule has 4 N–H and O–H groups in total. The molecule has 1 aromatic carbocycles. The van der Waals surface area contributed by atoms with E-state index < -0.39 is 0 Å². The Hall–Kier alpha value is -2.93. The lowest BCUT2D eigenvalue weighted by molar-refractivity contribution is -0.122. The molecule has 0 spiro atoms. The number of pyridine rings is 1. The van der Waals surface area contributed by atoms with Crippen molar-refractivity contribution in [1.29, 1.82) is 0 Å². The molecule has 1 saturated heterocycles. The van der Waals surface area contributed by atoms with E-state index in [4.69, 9.17) is 5.73 Å². The molecule has 1 aromatic heterocycles. The summed E-state index contributed by atoms with van der Waals surface area (Å²) < 4.78 is 0. The van der Waals surface area contributed by atoms with Gasteiger partial charge < -0.3 is 16.0 Å². The highest BCUT2D eigenvalue weighted by atomic mass is 16.2. The highest BCUT2D eigenvalue weighted by molar-refractivity contribution is 6.04. The Labute approximate surface area is 144 Å². The van der Waals surface area contributed by atoms with Gasteiger partial charge in [0.05, 0.1) is 11.6 Å². The zero-order valence-electron chi connectivity index (χ0n) is 13.7. The summed E-state index contributed by atoms with van der Waals surface area (Å²) in [6.07, 6.45) is 3.07. The third-order valence-electron chi connectivity index (χ3n) is 4.38. The van der Waals surface area contributed by atoms with Gasteiger partial charge in [-0.1, -0.05) is 18.2 Å². The molecular formula is C18H20N4O3. The van der Waals surface area contributed by atoms with Crippen LogP contribution in [0, 0.1) is 0 Å². The summed E-state index contributed by atoms with van der Waals surface area (Å²) in [6.45, 7) is 1.34. The summed E-state index contributed by atoms with van der Waals surface area (Å²) in [4.78, 5) is 39.5. The molecule has 2 amide bonds. The summed E-state index contributed by atoms with van der Waals surface area (Å²) in [5.74, 6) is -0.621. The lowest BCUT2D eigenvalue weighted by atomic mass is 10.1. The Morgan fingerprint density at radius 2 is 2.04 bits per heavy atom. The number of nitrogens with two attached hydrogens (primary N) is 1. The van der Waals surface area contributed by atoms with E-state index in [2.05, 4.69) is 10.3 Å². The van der Waals surface area contributed by atoms with Crippen LogP contribution in [0.15, 0.2) is 47.4 Å². The molecule has 0 aliphatic carbocycles. The zero-order chi connectivity index (χ0) is 17.8. The molecular weight excluding hydrogens is 320 g/mol. The van der Waals surface area contributed by atoms with Crippen molar-refractivity contribution >= 4 is 17.5 Å². The van der Waals surface area contributed by atoms with E-state index in [1.165, 1.54) is 18.3 Å². The lowest BCUT2D eigenvalue weighted by Crippen LogP contribution is -2.39. The van der Waals surface area contributed by atoms with Crippen LogP contribution in [0.3, 0.4) is 0 Å². The molecule has 1 aliphatic heterocycles. The van der Waals surface area contributed by atoms with Crippen molar-refractivity contribution in [1.82, 2.24) is 9.88 Å². The van der Waals surface area contributed by atoms with E-state index >= 15 is 0 Å². The number of carbonyl (C=O) groups excluding carboxylic acids is 2. The molecule has 0 unspecified atom stereocenters. The molecule has 2 heterocycles. The first kappa shape index (κ1) is 16.9. The quantitative estimate of drug-likeness (QED) is 0.756. The Balaban J connectivity index is 1.77. The van der Waals surface area contributed by atoms with Gasteiger partial charge in [0.1, 0.15) is 0 Å². The maximum absolute atomic E-state index is 12.4. The van der Waals surface area contributed by atoms with Crippen LogP contribution in [0.4, 0.5) is 5.69 Å². The molecule has 1 aliphatic rings. The minimum absolute atomic E-state index is 0.261. The molecule has 0 radical (unpaired) electrons. The number of aromatic amines is 1. The molecule has 0 bridgehead atoms. The van der Waals surface area contributed by atoms with Crippen LogP contribution in [0.5, 0.6) is 0 Å². The number of aromatic nitrogens is 1. The Morgan fingerprint density at radius 1 is 1.24 bits per heavy atom. The van der Waals surface area contributed by atoms with Crippen LogP contribution in [0.2, 0.25) is 0 Å². The Morgan fingerprint density at radius 3 is 2.76 bits per heavy atom. The van der Waals surface area contributed by atoms with Crippen LogP contribution < -0.4 is 16.6 Å². The number of rotatable bonds is 5. The maximum Gasteiger partial charge on any atom is 0.257 e. The standard InChI is InChI=1S/C18H20N4O3/c19-17(24)15-6-3-9-22(15)11-13-4-1-2-5-14(13)21-18(25)12-7-8-16(23)20-10-12/h1-2,4-5,7-8,10,15H,3,6,9,11H2,(H2,19,24)(H,20,23)(H,21,25)/t15-/m0/s1. The second-order valence-electron chi connectivity index (χ2n) is 6.08. The maximum atomic E-state index is 12.4. The number of hydrogen-bond donors (Lipinski definition) is 3. The summed E-state index contributed by atoms with van der Waals surface area (Å²) in [5.41, 5.74) is 7.16. The van der Waals surface area contributed by atoms with Gasteiger partial charge in [-0.2, -0.15) is 0 Å². The predicted octanol–water partition coefficient (Wildman–Crippen LogP) is 1.08. The predicted molar refractivity (Wildman–Crippen MR) is 94.1 cm³/mol. The molecule has 7 nitrogen and oxygen atoms in total. The Bertz CT molecular complexity index is 826. The third-order valence-corrected chi connectivity index (χ3v) is 4.38. The topological polar surface area (TPSA) is 108 Å². The van der Waals surface area contributed by atoms with Gasteiger partial charge in [0.15, 0.2) is 0 Å². The molecule has 0 saturated carbocycles. The van der Waals surface area contributed by atoms with E-state index in [0.29, 0.717) is 17.8 Å². The van der Waals surface area contributed by atoms with Crippen LogP contribution in [-0.2, 0) is 11.3 Å². The number of hydrogen-bond acceptors (Lipinski definition) is 4. The van der Waals surface area contributed by atoms with Crippen LogP contribution in [0.1, 0.15) is 28.8 Å². The van der Waals surface area contributed by atoms with E-state index in [-0.39, 0.29) is 23.4 Å². The van der Waals surface area contributed by atoms with Gasteiger partial charge in [0.25, 0.3) is 5.91 Å². The SMILES string of the molecule is NC(=O)[C@@H]1CCCN1Cc1ccccc1NC(=O)c1ccc(=O)[nH]c1. The largest absolute Gasteiger partial charge is 0.368 e. The van der Waals surface area contributed by atoms with Crippen LogP contribution >= 0.6 is 0 Å². The van der Waals surface area contributed by atoms with Crippen molar-refractivity contribution in [3.05, 3.63) is 64.1 Å². The van der Waals surface area contributed by atoms with E-state index in [1.54, 1.807) is 0 Å². The number of likely N-dealkylation sites (tertiary alicyclic amines) is 1. The monoisotopic (exact) mass is 340 g/mol. The highest BCUT2D eigenvalue weighted by Crippen LogP contribution is 2.24. The number of H-pyrrole nitrogens is 1. The molecule has 7 heteroatoms. The first-order valence-electron chi connectivity index (χ1n) is 8.16. The minimum atomic E-state index is -0.313. The second-order valence-corrected chi connectivity index (χ2v) is 6.08. The first-order chi connectivity index (χ1) is 12.0. The number of anilines is 1. The number of carbonyl (C=O) groups is 2. The summed E-state index contributed by atoms with van der Waals surface area (Å²) in [6, 6.07) is 9.97. The number of nitrogens with zero attached hydrogens (tertiary/aromatic N) is 1. The number of amides is 2. The molecule has 130 valence electrons. The molecule has 1 atom stereocenters. The number of benzene rings is 1. The van der Waals surface area contributed by atoms with Crippen LogP contribution in [-0.4, -0.2) is 34.3 Å². The van der Waals surface area contributed by atoms with Gasteiger partial charge in [0.2, 0.25) is 11.5 Å². The van der Waals surface area contributed by atoms with Gasteiger partial charge >= 0.3 is 0 Å². The van der Waals surface area contributed by atoms with E-state index in [9.17, 15) is 14.4 Å². The Kier molecular flexibility index (Phi) is 4.95. The fraction of sp³-hybridized carbons (Fsp3) is 0.278. The van der Waals surface area contributed by atoms with Crippen molar-refractivity contribution < 1.29 is 9.59 Å². The van der Waals surface area contributed by atoms with Crippen LogP contribution in [0.25, 0.3) is 0 Å².